The Morgan fingerprint density at radius 2 is 1.90 bits per heavy atom. The standard InChI is InChI=1S/C15H21N3O2/c1-4-16-12-7-5-6-11(17-12)10-18-13(19)8-15(2,3)9-14(18)20/h5-7H,4,8-10H2,1-3H3,(H,16,17). The van der Waals surface area contributed by atoms with E-state index in [4.69, 9.17) is 0 Å². The first-order chi connectivity index (χ1) is 9.41. The van der Waals surface area contributed by atoms with Crippen LogP contribution in [0.3, 0.4) is 0 Å². The molecule has 2 amide bonds. The molecule has 0 spiro atoms. The number of hydrogen-bond donors (Lipinski definition) is 1. The summed E-state index contributed by atoms with van der Waals surface area (Å²) in [6.07, 6.45) is 0.817. The summed E-state index contributed by atoms with van der Waals surface area (Å²) in [5.41, 5.74) is 0.494. The Morgan fingerprint density at radius 1 is 1.25 bits per heavy atom. The number of carbonyl (C=O) groups is 2. The number of amides is 2. The van der Waals surface area contributed by atoms with Crippen molar-refractivity contribution in [3.8, 4) is 0 Å². The molecule has 108 valence electrons. The van der Waals surface area contributed by atoms with Crippen LogP contribution >= 0.6 is 0 Å². The van der Waals surface area contributed by atoms with Crippen LogP contribution in [0.5, 0.6) is 0 Å². The van der Waals surface area contributed by atoms with Crippen LogP contribution in [0.15, 0.2) is 18.2 Å². The van der Waals surface area contributed by atoms with Crippen LogP contribution in [0.4, 0.5) is 5.82 Å². The average Bonchev–Trinajstić information content (AvgIpc) is 2.34. The third-order valence-electron chi connectivity index (χ3n) is 3.35. The van der Waals surface area contributed by atoms with Crippen molar-refractivity contribution >= 4 is 17.6 Å². The largest absolute Gasteiger partial charge is 0.370 e. The van der Waals surface area contributed by atoms with E-state index in [9.17, 15) is 9.59 Å². The van der Waals surface area contributed by atoms with Gasteiger partial charge in [-0.2, -0.15) is 0 Å². The van der Waals surface area contributed by atoms with Gasteiger partial charge in [-0.1, -0.05) is 19.9 Å². The molecule has 0 aliphatic carbocycles. The summed E-state index contributed by atoms with van der Waals surface area (Å²) in [6, 6.07) is 5.58. The van der Waals surface area contributed by atoms with Gasteiger partial charge in [0.25, 0.3) is 0 Å². The number of nitrogens with one attached hydrogen (secondary N) is 1. The summed E-state index contributed by atoms with van der Waals surface area (Å²) in [5.74, 6) is 0.547. The summed E-state index contributed by atoms with van der Waals surface area (Å²) >= 11 is 0. The summed E-state index contributed by atoms with van der Waals surface area (Å²) < 4.78 is 0. The Morgan fingerprint density at radius 3 is 2.50 bits per heavy atom. The highest BCUT2D eigenvalue weighted by Gasteiger charge is 2.37. The summed E-state index contributed by atoms with van der Waals surface area (Å²) in [5, 5.41) is 3.12. The Labute approximate surface area is 119 Å². The zero-order chi connectivity index (χ0) is 14.8. The highest BCUT2D eigenvalue weighted by molar-refractivity contribution is 5.98. The molecule has 20 heavy (non-hydrogen) atoms. The zero-order valence-electron chi connectivity index (χ0n) is 12.3. The van der Waals surface area contributed by atoms with E-state index < -0.39 is 0 Å². The predicted molar refractivity (Wildman–Crippen MR) is 77.0 cm³/mol. The van der Waals surface area contributed by atoms with Crippen molar-refractivity contribution in [3.63, 3.8) is 0 Å². The fraction of sp³-hybridized carbons (Fsp3) is 0.533. The van der Waals surface area contributed by atoms with E-state index in [1.807, 2.05) is 39.0 Å². The minimum absolute atomic E-state index is 0.109. The van der Waals surface area contributed by atoms with Gasteiger partial charge in [0.1, 0.15) is 5.82 Å². The molecule has 1 N–H and O–H groups in total. The Balaban J connectivity index is 2.11. The van der Waals surface area contributed by atoms with Gasteiger partial charge < -0.3 is 5.32 Å². The molecule has 5 nitrogen and oxygen atoms in total. The van der Waals surface area contributed by atoms with Crippen molar-refractivity contribution in [1.29, 1.82) is 0 Å². The van der Waals surface area contributed by atoms with Gasteiger partial charge in [-0.25, -0.2) is 4.98 Å². The first-order valence-corrected chi connectivity index (χ1v) is 6.94. The molecule has 1 aliphatic heterocycles. The first-order valence-electron chi connectivity index (χ1n) is 6.94. The van der Waals surface area contributed by atoms with Crippen LogP contribution in [0.2, 0.25) is 0 Å². The van der Waals surface area contributed by atoms with Crippen molar-refractivity contribution in [2.45, 2.75) is 40.2 Å². The molecule has 0 saturated carbocycles. The molecule has 1 aromatic rings. The molecule has 0 bridgehead atoms. The van der Waals surface area contributed by atoms with E-state index >= 15 is 0 Å². The maximum atomic E-state index is 12.1. The minimum Gasteiger partial charge on any atom is -0.370 e. The van der Waals surface area contributed by atoms with Gasteiger partial charge in [0.2, 0.25) is 11.8 Å². The first kappa shape index (κ1) is 14.5. The lowest BCUT2D eigenvalue weighted by Crippen LogP contribution is -2.45. The van der Waals surface area contributed by atoms with E-state index in [0.29, 0.717) is 12.8 Å². The molecule has 1 fully saturated rings. The molecule has 1 saturated heterocycles. The molecular weight excluding hydrogens is 254 g/mol. The molecule has 0 aromatic carbocycles. The lowest BCUT2D eigenvalue weighted by molar-refractivity contribution is -0.153. The summed E-state index contributed by atoms with van der Waals surface area (Å²) in [4.78, 5) is 29.9. The quantitative estimate of drug-likeness (QED) is 0.856. The molecule has 0 radical (unpaired) electrons. The van der Waals surface area contributed by atoms with Crippen molar-refractivity contribution in [3.05, 3.63) is 23.9 Å². The van der Waals surface area contributed by atoms with Crippen LogP contribution in [-0.4, -0.2) is 28.2 Å². The molecule has 5 heteroatoms. The highest BCUT2D eigenvalue weighted by atomic mass is 16.2. The van der Waals surface area contributed by atoms with Gasteiger partial charge in [-0.3, -0.25) is 14.5 Å². The monoisotopic (exact) mass is 275 g/mol. The molecule has 0 atom stereocenters. The van der Waals surface area contributed by atoms with Crippen LogP contribution < -0.4 is 5.32 Å². The second kappa shape index (κ2) is 5.61. The Kier molecular flexibility index (Phi) is 4.06. The smallest absolute Gasteiger partial charge is 0.230 e. The van der Waals surface area contributed by atoms with Gasteiger partial charge in [-0.15, -0.1) is 0 Å². The van der Waals surface area contributed by atoms with Crippen LogP contribution in [0.25, 0.3) is 0 Å². The number of rotatable bonds is 4. The van der Waals surface area contributed by atoms with Gasteiger partial charge >= 0.3 is 0 Å². The van der Waals surface area contributed by atoms with Crippen molar-refractivity contribution < 1.29 is 9.59 Å². The maximum absolute atomic E-state index is 12.1. The number of anilines is 1. The van der Waals surface area contributed by atoms with E-state index in [1.54, 1.807) is 0 Å². The van der Waals surface area contributed by atoms with Gasteiger partial charge in [0, 0.05) is 19.4 Å². The lowest BCUT2D eigenvalue weighted by Gasteiger charge is -2.34. The lowest BCUT2D eigenvalue weighted by atomic mass is 9.82. The fourth-order valence-corrected chi connectivity index (χ4v) is 2.40. The number of aromatic nitrogens is 1. The Hall–Kier alpha value is -1.91. The van der Waals surface area contributed by atoms with E-state index in [-0.39, 0.29) is 23.8 Å². The summed E-state index contributed by atoms with van der Waals surface area (Å²) in [7, 11) is 0. The number of pyridine rings is 1. The molecule has 2 heterocycles. The topological polar surface area (TPSA) is 62.3 Å². The summed E-state index contributed by atoms with van der Waals surface area (Å²) in [6.45, 7) is 6.93. The minimum atomic E-state index is -0.232. The second-order valence-corrected chi connectivity index (χ2v) is 5.94. The third kappa shape index (κ3) is 3.35. The number of nitrogens with zero attached hydrogens (tertiary/aromatic N) is 2. The highest BCUT2D eigenvalue weighted by Crippen LogP contribution is 2.32. The average molecular weight is 275 g/mol. The predicted octanol–water partition coefficient (Wildman–Crippen LogP) is 2.19. The number of piperidine rings is 1. The van der Waals surface area contributed by atoms with E-state index in [0.717, 1.165) is 18.1 Å². The number of hydrogen-bond acceptors (Lipinski definition) is 4. The van der Waals surface area contributed by atoms with Crippen molar-refractivity contribution in [1.82, 2.24) is 9.88 Å². The molecular formula is C15H21N3O2. The second-order valence-electron chi connectivity index (χ2n) is 5.94. The van der Waals surface area contributed by atoms with Crippen LogP contribution in [0, 0.1) is 5.41 Å². The fourth-order valence-electron chi connectivity index (χ4n) is 2.40. The number of carbonyl (C=O) groups excluding carboxylic acids is 2. The zero-order valence-corrected chi connectivity index (χ0v) is 12.3. The van der Waals surface area contributed by atoms with Crippen LogP contribution in [0.1, 0.15) is 39.3 Å². The number of likely N-dealkylation sites (tertiary alicyclic amines) is 1. The SMILES string of the molecule is CCNc1cccc(CN2C(=O)CC(C)(C)CC2=O)n1. The molecule has 0 unspecified atom stereocenters. The molecule has 2 rings (SSSR count). The van der Waals surface area contributed by atoms with Crippen molar-refractivity contribution in [2.75, 3.05) is 11.9 Å². The van der Waals surface area contributed by atoms with Gasteiger partial charge in [0.05, 0.1) is 12.2 Å². The number of imide groups is 1. The van der Waals surface area contributed by atoms with E-state index in [1.165, 1.54) is 4.90 Å². The van der Waals surface area contributed by atoms with E-state index in [2.05, 4.69) is 10.3 Å². The Bertz CT molecular complexity index is 506. The van der Waals surface area contributed by atoms with Crippen molar-refractivity contribution in [2.24, 2.45) is 5.41 Å². The van der Waals surface area contributed by atoms with Crippen LogP contribution in [-0.2, 0) is 16.1 Å². The molecule has 1 aliphatic rings. The maximum Gasteiger partial charge on any atom is 0.230 e. The van der Waals surface area contributed by atoms with Gasteiger partial charge in [0.15, 0.2) is 0 Å². The van der Waals surface area contributed by atoms with Gasteiger partial charge in [-0.05, 0) is 24.5 Å². The molecule has 1 aromatic heterocycles. The third-order valence-corrected chi connectivity index (χ3v) is 3.35. The normalized spacial score (nSPS) is 18.2.